The van der Waals surface area contributed by atoms with Crippen molar-refractivity contribution in [2.45, 2.75) is 26.7 Å². The van der Waals surface area contributed by atoms with E-state index in [1.807, 2.05) is 24.3 Å². The quantitative estimate of drug-likeness (QED) is 0.830. The minimum atomic E-state index is 0.574. The summed E-state index contributed by atoms with van der Waals surface area (Å²) in [5.74, 6) is 2.20. The van der Waals surface area contributed by atoms with Crippen LogP contribution in [0.5, 0.6) is 5.75 Å². The van der Waals surface area contributed by atoms with Gasteiger partial charge in [0, 0.05) is 4.47 Å². The lowest BCUT2D eigenvalue weighted by Gasteiger charge is -2.17. The van der Waals surface area contributed by atoms with Crippen LogP contribution in [-0.4, -0.2) is 13.2 Å². The fourth-order valence-electron chi connectivity index (χ4n) is 1.87. The molecule has 1 aromatic carbocycles. The zero-order valence-electron chi connectivity index (χ0n) is 10.7. The lowest BCUT2D eigenvalue weighted by Crippen LogP contribution is -2.19. The summed E-state index contributed by atoms with van der Waals surface area (Å²) in [5, 5.41) is 0. The number of hydrogen-bond donors (Lipinski definition) is 1. The molecular formula is C14H22BrNO. The maximum absolute atomic E-state index is 5.76. The van der Waals surface area contributed by atoms with E-state index < -0.39 is 0 Å². The first-order chi connectivity index (χ1) is 8.11. The molecule has 96 valence electrons. The van der Waals surface area contributed by atoms with Gasteiger partial charge in [0.05, 0.1) is 6.61 Å². The van der Waals surface area contributed by atoms with Gasteiger partial charge in [-0.1, -0.05) is 29.8 Å². The highest BCUT2D eigenvalue weighted by Crippen LogP contribution is 2.18. The molecule has 3 heteroatoms. The minimum Gasteiger partial charge on any atom is -0.494 e. The van der Waals surface area contributed by atoms with Crippen LogP contribution in [0.4, 0.5) is 0 Å². The van der Waals surface area contributed by atoms with Crippen LogP contribution in [0.15, 0.2) is 28.7 Å². The molecule has 2 N–H and O–H groups in total. The topological polar surface area (TPSA) is 35.2 Å². The summed E-state index contributed by atoms with van der Waals surface area (Å²) in [6.45, 7) is 5.97. The van der Waals surface area contributed by atoms with Crippen molar-refractivity contribution in [3.8, 4) is 5.75 Å². The van der Waals surface area contributed by atoms with Gasteiger partial charge in [-0.3, -0.25) is 0 Å². The van der Waals surface area contributed by atoms with E-state index in [1.165, 1.54) is 6.42 Å². The molecule has 17 heavy (non-hydrogen) atoms. The Morgan fingerprint density at radius 1 is 1.24 bits per heavy atom. The van der Waals surface area contributed by atoms with Crippen LogP contribution < -0.4 is 10.5 Å². The Kier molecular flexibility index (Phi) is 6.60. The predicted octanol–water partition coefficient (Wildman–Crippen LogP) is 3.84. The molecule has 1 unspecified atom stereocenters. The Hall–Kier alpha value is -0.540. The van der Waals surface area contributed by atoms with Crippen molar-refractivity contribution in [1.29, 1.82) is 0 Å². The molecule has 0 aromatic heterocycles. The number of ether oxygens (including phenoxy) is 1. The zero-order valence-corrected chi connectivity index (χ0v) is 12.2. The number of rotatable bonds is 7. The zero-order chi connectivity index (χ0) is 12.7. The van der Waals surface area contributed by atoms with Crippen LogP contribution in [0.3, 0.4) is 0 Å². The molecule has 0 aliphatic rings. The van der Waals surface area contributed by atoms with E-state index in [2.05, 4.69) is 29.8 Å². The van der Waals surface area contributed by atoms with Crippen LogP contribution in [0.2, 0.25) is 0 Å². The van der Waals surface area contributed by atoms with E-state index in [9.17, 15) is 0 Å². The van der Waals surface area contributed by atoms with Crippen molar-refractivity contribution in [3.63, 3.8) is 0 Å². The summed E-state index contributed by atoms with van der Waals surface area (Å²) < 4.78 is 6.77. The normalized spacial score (nSPS) is 12.8. The average Bonchev–Trinajstić information content (AvgIpc) is 2.30. The molecule has 0 aliphatic heterocycles. The molecule has 0 heterocycles. The molecule has 0 bridgehead atoms. The fraction of sp³-hybridized carbons (Fsp3) is 0.571. The lowest BCUT2D eigenvalue weighted by atomic mass is 9.95. The van der Waals surface area contributed by atoms with Crippen LogP contribution in [0.1, 0.15) is 26.7 Å². The summed E-state index contributed by atoms with van der Waals surface area (Å²) in [7, 11) is 0. The third-order valence-electron chi connectivity index (χ3n) is 2.75. The molecule has 0 spiro atoms. The third-order valence-corrected chi connectivity index (χ3v) is 3.28. The maximum atomic E-state index is 5.76. The van der Waals surface area contributed by atoms with Gasteiger partial charge in [0.1, 0.15) is 5.75 Å². The Labute approximate surface area is 113 Å². The van der Waals surface area contributed by atoms with E-state index in [0.717, 1.165) is 29.8 Å². The molecule has 0 aliphatic carbocycles. The van der Waals surface area contributed by atoms with Gasteiger partial charge in [-0.2, -0.15) is 0 Å². The van der Waals surface area contributed by atoms with Crippen molar-refractivity contribution in [1.82, 2.24) is 0 Å². The van der Waals surface area contributed by atoms with E-state index in [0.29, 0.717) is 11.8 Å². The second-order valence-electron chi connectivity index (χ2n) is 4.82. The molecule has 1 rings (SSSR count). The third kappa shape index (κ3) is 6.08. The summed E-state index contributed by atoms with van der Waals surface area (Å²) in [4.78, 5) is 0. The molecule has 0 saturated heterocycles. The van der Waals surface area contributed by atoms with Crippen LogP contribution >= 0.6 is 15.9 Å². The van der Waals surface area contributed by atoms with Crippen molar-refractivity contribution < 1.29 is 4.74 Å². The first-order valence-corrected chi connectivity index (χ1v) is 6.99. The van der Waals surface area contributed by atoms with Crippen LogP contribution in [0.25, 0.3) is 0 Å². The monoisotopic (exact) mass is 299 g/mol. The lowest BCUT2D eigenvalue weighted by molar-refractivity contribution is 0.264. The van der Waals surface area contributed by atoms with Crippen molar-refractivity contribution >= 4 is 15.9 Å². The second kappa shape index (κ2) is 7.72. The maximum Gasteiger partial charge on any atom is 0.119 e. The molecule has 1 atom stereocenters. The predicted molar refractivity (Wildman–Crippen MR) is 76.3 cm³/mol. The fourth-order valence-corrected chi connectivity index (χ4v) is 2.14. The molecule has 0 fully saturated rings. The number of halogens is 1. The van der Waals surface area contributed by atoms with Gasteiger partial charge in [0.25, 0.3) is 0 Å². The van der Waals surface area contributed by atoms with Gasteiger partial charge in [0.2, 0.25) is 0 Å². The molecule has 0 radical (unpaired) electrons. The Bertz CT molecular complexity index is 311. The van der Waals surface area contributed by atoms with E-state index in [4.69, 9.17) is 10.5 Å². The van der Waals surface area contributed by atoms with Crippen LogP contribution in [0, 0.1) is 11.8 Å². The van der Waals surface area contributed by atoms with Crippen molar-refractivity contribution in [2.24, 2.45) is 17.6 Å². The summed E-state index contributed by atoms with van der Waals surface area (Å²) in [6, 6.07) is 7.93. The largest absolute Gasteiger partial charge is 0.494 e. The Morgan fingerprint density at radius 2 is 1.88 bits per heavy atom. The first-order valence-electron chi connectivity index (χ1n) is 6.20. The number of nitrogens with two attached hydrogens (primary N) is 1. The number of benzene rings is 1. The summed E-state index contributed by atoms with van der Waals surface area (Å²) >= 11 is 3.40. The summed E-state index contributed by atoms with van der Waals surface area (Å²) in [5.41, 5.74) is 5.76. The molecule has 1 aromatic rings. The standard InChI is InChI=1S/C14H22BrNO/c1-11(2)9-12(10-16)7-8-17-14-5-3-13(15)4-6-14/h3-6,11-12H,7-10,16H2,1-2H3. The van der Waals surface area contributed by atoms with E-state index in [1.54, 1.807) is 0 Å². The van der Waals surface area contributed by atoms with Crippen molar-refractivity contribution in [3.05, 3.63) is 28.7 Å². The Morgan fingerprint density at radius 3 is 2.41 bits per heavy atom. The van der Waals surface area contributed by atoms with Gasteiger partial charge in [-0.05, 0) is 55.5 Å². The van der Waals surface area contributed by atoms with Gasteiger partial charge >= 0.3 is 0 Å². The smallest absolute Gasteiger partial charge is 0.119 e. The van der Waals surface area contributed by atoms with E-state index >= 15 is 0 Å². The van der Waals surface area contributed by atoms with Crippen molar-refractivity contribution in [2.75, 3.05) is 13.2 Å². The average molecular weight is 300 g/mol. The number of hydrogen-bond acceptors (Lipinski definition) is 2. The van der Waals surface area contributed by atoms with Crippen LogP contribution in [-0.2, 0) is 0 Å². The highest BCUT2D eigenvalue weighted by Gasteiger charge is 2.09. The second-order valence-corrected chi connectivity index (χ2v) is 5.74. The molecule has 2 nitrogen and oxygen atoms in total. The summed E-state index contributed by atoms with van der Waals surface area (Å²) in [6.07, 6.45) is 2.21. The van der Waals surface area contributed by atoms with Gasteiger partial charge in [0.15, 0.2) is 0 Å². The first kappa shape index (κ1) is 14.5. The van der Waals surface area contributed by atoms with Gasteiger partial charge in [-0.25, -0.2) is 0 Å². The van der Waals surface area contributed by atoms with Gasteiger partial charge < -0.3 is 10.5 Å². The molecule has 0 amide bonds. The minimum absolute atomic E-state index is 0.574. The Balaban J connectivity index is 2.28. The van der Waals surface area contributed by atoms with Gasteiger partial charge in [-0.15, -0.1) is 0 Å². The molecule has 0 saturated carbocycles. The van der Waals surface area contributed by atoms with E-state index in [-0.39, 0.29) is 0 Å². The SMILES string of the molecule is CC(C)CC(CN)CCOc1ccc(Br)cc1. The highest BCUT2D eigenvalue weighted by molar-refractivity contribution is 9.10. The highest BCUT2D eigenvalue weighted by atomic mass is 79.9. The molecular weight excluding hydrogens is 278 g/mol.